The Kier molecular flexibility index (Phi) is 5.34. The first-order valence-electron chi connectivity index (χ1n) is 9.93. The first-order valence-corrected chi connectivity index (χ1v) is 10.3. The van der Waals surface area contributed by atoms with E-state index in [0.717, 1.165) is 37.6 Å². The molecule has 0 radical (unpaired) electrons. The number of hydrogen-bond acceptors (Lipinski definition) is 7. The van der Waals surface area contributed by atoms with Crippen LogP contribution in [0.15, 0.2) is 48.7 Å². The van der Waals surface area contributed by atoms with Gasteiger partial charge in [0, 0.05) is 24.3 Å². The van der Waals surface area contributed by atoms with Gasteiger partial charge in [0.05, 0.1) is 35.6 Å². The summed E-state index contributed by atoms with van der Waals surface area (Å²) in [4.78, 5) is 29.0. The molecule has 0 amide bonds. The number of imidazole rings is 1. The van der Waals surface area contributed by atoms with Crippen molar-refractivity contribution in [3.05, 3.63) is 59.4 Å². The topological polar surface area (TPSA) is 113 Å². The molecule has 32 heavy (non-hydrogen) atoms. The van der Waals surface area contributed by atoms with Gasteiger partial charge in [0.2, 0.25) is 0 Å². The van der Waals surface area contributed by atoms with Crippen molar-refractivity contribution in [2.24, 2.45) is 0 Å². The molecular formula is C22H18ClN5O4. The second-order valence-electron chi connectivity index (χ2n) is 7.16. The summed E-state index contributed by atoms with van der Waals surface area (Å²) in [5.74, 6) is -0.760. The maximum atomic E-state index is 10.9. The molecule has 1 aliphatic heterocycles. The van der Waals surface area contributed by atoms with Crippen LogP contribution >= 0.6 is 11.6 Å². The van der Waals surface area contributed by atoms with Gasteiger partial charge in [-0.15, -0.1) is 0 Å². The number of ether oxygens (including phenoxy) is 2. The highest BCUT2D eigenvalue weighted by atomic mass is 35.5. The monoisotopic (exact) mass is 451 g/mol. The Bertz CT molecular complexity index is 1270. The van der Waals surface area contributed by atoms with Gasteiger partial charge in [-0.05, 0) is 30.3 Å². The van der Waals surface area contributed by atoms with E-state index in [-0.39, 0.29) is 11.7 Å². The third kappa shape index (κ3) is 4.08. The second kappa shape index (κ2) is 8.45. The number of halogens is 1. The van der Waals surface area contributed by atoms with Gasteiger partial charge >= 0.3 is 12.0 Å². The smallest absolute Gasteiger partial charge is 0.354 e. The van der Waals surface area contributed by atoms with Crippen LogP contribution in [0.3, 0.4) is 0 Å². The normalized spacial score (nSPS) is 14.0. The van der Waals surface area contributed by atoms with Gasteiger partial charge < -0.3 is 24.5 Å². The fourth-order valence-electron chi connectivity index (χ4n) is 3.48. The van der Waals surface area contributed by atoms with Crippen LogP contribution < -0.4 is 9.64 Å². The van der Waals surface area contributed by atoms with E-state index in [1.165, 1.54) is 18.3 Å². The lowest BCUT2D eigenvalue weighted by atomic mass is 10.1. The molecule has 0 aliphatic carbocycles. The molecule has 0 unspecified atom stereocenters. The molecule has 0 atom stereocenters. The summed E-state index contributed by atoms with van der Waals surface area (Å²) >= 11 is 6.50. The summed E-state index contributed by atoms with van der Waals surface area (Å²) in [5.41, 5.74) is 3.64. The summed E-state index contributed by atoms with van der Waals surface area (Å²) in [6.45, 7) is 3.20. The number of nitrogens with zero attached hydrogens (tertiary/aromatic N) is 4. The Morgan fingerprint density at radius 1 is 1.12 bits per heavy atom. The number of aromatic nitrogens is 4. The fourth-order valence-corrected chi connectivity index (χ4v) is 3.74. The first-order chi connectivity index (χ1) is 15.6. The van der Waals surface area contributed by atoms with E-state index in [4.69, 9.17) is 26.2 Å². The maximum Gasteiger partial charge on any atom is 0.354 e. The second-order valence-corrected chi connectivity index (χ2v) is 7.57. The standard InChI is InChI=1S/C22H18ClN5O4/c23-16-11-18-20(27-22(25-18)32-15-5-6-17(21(29)30)24-12-15)26-19(16)13-1-3-14(4-2-13)28-7-9-31-10-8-28/h1-6,11-12H,7-10H2,(H,29,30)(H,25,26,27). The molecule has 0 bridgehead atoms. The van der Waals surface area contributed by atoms with Crippen LogP contribution in [0.4, 0.5) is 5.69 Å². The number of anilines is 1. The van der Waals surface area contributed by atoms with E-state index in [9.17, 15) is 4.79 Å². The molecule has 4 heterocycles. The van der Waals surface area contributed by atoms with Gasteiger partial charge in [0.25, 0.3) is 0 Å². The number of morpholine rings is 1. The fraction of sp³-hybridized carbons (Fsp3) is 0.182. The number of benzene rings is 1. The molecule has 2 N–H and O–H groups in total. The minimum Gasteiger partial charge on any atom is -0.477 e. The number of rotatable bonds is 5. The average Bonchev–Trinajstić information content (AvgIpc) is 3.20. The lowest BCUT2D eigenvalue weighted by Crippen LogP contribution is -2.36. The zero-order valence-electron chi connectivity index (χ0n) is 16.8. The molecule has 1 saturated heterocycles. The summed E-state index contributed by atoms with van der Waals surface area (Å²) in [6.07, 6.45) is 1.32. The predicted molar refractivity (Wildman–Crippen MR) is 119 cm³/mol. The van der Waals surface area contributed by atoms with Crippen molar-refractivity contribution in [1.29, 1.82) is 0 Å². The van der Waals surface area contributed by atoms with Crippen molar-refractivity contribution in [1.82, 2.24) is 19.9 Å². The van der Waals surface area contributed by atoms with Crippen LogP contribution in [0, 0.1) is 0 Å². The molecule has 162 valence electrons. The largest absolute Gasteiger partial charge is 0.477 e. The van der Waals surface area contributed by atoms with Crippen molar-refractivity contribution in [3.8, 4) is 23.0 Å². The third-order valence-electron chi connectivity index (χ3n) is 5.09. The van der Waals surface area contributed by atoms with Gasteiger partial charge in [-0.3, -0.25) is 0 Å². The van der Waals surface area contributed by atoms with Gasteiger partial charge in [0.15, 0.2) is 5.65 Å². The van der Waals surface area contributed by atoms with Crippen LogP contribution in [-0.4, -0.2) is 57.3 Å². The molecule has 4 aromatic rings. The van der Waals surface area contributed by atoms with E-state index in [2.05, 4.69) is 37.0 Å². The van der Waals surface area contributed by atoms with Crippen LogP contribution in [0.1, 0.15) is 10.5 Å². The highest BCUT2D eigenvalue weighted by Gasteiger charge is 2.15. The SMILES string of the molecule is O=C(O)c1ccc(Oc2nc3nc(-c4ccc(N5CCOCC5)cc4)c(Cl)cc3[nH]2)cn1. The highest BCUT2D eigenvalue weighted by molar-refractivity contribution is 6.33. The van der Waals surface area contributed by atoms with Crippen molar-refractivity contribution >= 4 is 34.4 Å². The highest BCUT2D eigenvalue weighted by Crippen LogP contribution is 2.31. The molecule has 1 fully saturated rings. The minimum absolute atomic E-state index is 0.0697. The molecule has 0 spiro atoms. The zero-order chi connectivity index (χ0) is 22.1. The molecule has 1 aromatic carbocycles. The Labute approximate surface area is 187 Å². The van der Waals surface area contributed by atoms with Crippen molar-refractivity contribution < 1.29 is 19.4 Å². The predicted octanol–water partition coefficient (Wildman–Crippen LogP) is 4.00. The number of carboxylic acids is 1. The van der Waals surface area contributed by atoms with Crippen LogP contribution in [0.5, 0.6) is 11.8 Å². The summed E-state index contributed by atoms with van der Waals surface area (Å²) in [5, 5.41) is 9.42. The number of aromatic amines is 1. The number of aromatic carboxylic acids is 1. The quantitative estimate of drug-likeness (QED) is 0.468. The minimum atomic E-state index is -1.11. The van der Waals surface area contributed by atoms with Crippen molar-refractivity contribution in [3.63, 3.8) is 0 Å². The van der Waals surface area contributed by atoms with Gasteiger partial charge in [-0.1, -0.05) is 23.7 Å². The molecule has 9 nitrogen and oxygen atoms in total. The molecule has 1 aliphatic rings. The Balaban J connectivity index is 1.39. The Morgan fingerprint density at radius 3 is 2.59 bits per heavy atom. The van der Waals surface area contributed by atoms with E-state index in [1.54, 1.807) is 6.07 Å². The molecular weight excluding hydrogens is 434 g/mol. The summed E-state index contributed by atoms with van der Waals surface area (Å²) < 4.78 is 11.1. The van der Waals surface area contributed by atoms with Crippen molar-refractivity contribution in [2.75, 3.05) is 31.2 Å². The Morgan fingerprint density at radius 2 is 1.91 bits per heavy atom. The zero-order valence-corrected chi connectivity index (χ0v) is 17.5. The van der Waals surface area contributed by atoms with Crippen LogP contribution in [-0.2, 0) is 4.74 Å². The first kappa shape index (κ1) is 20.2. The molecule has 3 aromatic heterocycles. The number of fused-ring (bicyclic) bond motifs is 1. The van der Waals surface area contributed by atoms with Gasteiger partial charge in [-0.2, -0.15) is 4.98 Å². The van der Waals surface area contributed by atoms with E-state index in [0.29, 0.717) is 27.6 Å². The van der Waals surface area contributed by atoms with E-state index in [1.807, 2.05) is 12.1 Å². The lowest BCUT2D eigenvalue weighted by molar-refractivity contribution is 0.0690. The molecule has 10 heteroatoms. The lowest BCUT2D eigenvalue weighted by Gasteiger charge is -2.28. The van der Waals surface area contributed by atoms with Crippen LogP contribution in [0.25, 0.3) is 22.4 Å². The van der Waals surface area contributed by atoms with E-state index >= 15 is 0 Å². The summed E-state index contributed by atoms with van der Waals surface area (Å²) in [7, 11) is 0. The van der Waals surface area contributed by atoms with Crippen LogP contribution in [0.2, 0.25) is 5.02 Å². The van der Waals surface area contributed by atoms with Gasteiger partial charge in [0.1, 0.15) is 11.4 Å². The Hall–Kier alpha value is -3.69. The van der Waals surface area contributed by atoms with Crippen molar-refractivity contribution in [2.45, 2.75) is 0 Å². The van der Waals surface area contributed by atoms with Gasteiger partial charge in [-0.25, -0.2) is 14.8 Å². The molecule has 5 rings (SSSR count). The van der Waals surface area contributed by atoms with E-state index < -0.39 is 5.97 Å². The number of H-pyrrole nitrogens is 1. The number of hydrogen-bond donors (Lipinski definition) is 2. The number of pyridine rings is 2. The average molecular weight is 452 g/mol. The number of nitrogens with one attached hydrogen (secondary N) is 1. The summed E-state index contributed by atoms with van der Waals surface area (Å²) in [6, 6.07) is 12.9. The molecule has 0 saturated carbocycles. The maximum absolute atomic E-state index is 10.9. The third-order valence-corrected chi connectivity index (χ3v) is 5.38. The number of carboxylic acid groups (broad SMARTS) is 1. The number of carbonyl (C=O) groups is 1.